The van der Waals surface area contributed by atoms with Crippen molar-refractivity contribution in [3.8, 4) is 0 Å². The van der Waals surface area contributed by atoms with Gasteiger partial charge in [0.1, 0.15) is 5.82 Å². The molecule has 1 fully saturated rings. The highest BCUT2D eigenvalue weighted by Gasteiger charge is 2.22. The molecule has 1 aromatic carbocycles. The summed E-state index contributed by atoms with van der Waals surface area (Å²) in [7, 11) is 0. The van der Waals surface area contributed by atoms with Crippen molar-refractivity contribution in [2.24, 2.45) is 0 Å². The van der Waals surface area contributed by atoms with Crippen LogP contribution in [0, 0.1) is 5.82 Å². The van der Waals surface area contributed by atoms with E-state index in [4.69, 9.17) is 4.74 Å². The van der Waals surface area contributed by atoms with Crippen LogP contribution in [0.1, 0.15) is 60.9 Å². The van der Waals surface area contributed by atoms with Crippen molar-refractivity contribution in [2.75, 3.05) is 6.61 Å². The molecule has 18 heavy (non-hydrogen) atoms. The summed E-state index contributed by atoms with van der Waals surface area (Å²) in [5.41, 5.74) is 1.36. The zero-order valence-electron chi connectivity index (χ0n) is 10.7. The number of hydrogen-bond donors (Lipinski definition) is 0. The summed E-state index contributed by atoms with van der Waals surface area (Å²) in [4.78, 5) is 11.9. The molecular weight excluding hydrogens is 231 g/mol. The lowest BCUT2D eigenvalue weighted by Gasteiger charge is -2.23. The second-order valence-corrected chi connectivity index (χ2v) is 4.79. The lowest BCUT2D eigenvalue weighted by Crippen LogP contribution is -2.13. The van der Waals surface area contributed by atoms with Gasteiger partial charge >= 0.3 is 5.97 Å². The first kappa shape index (κ1) is 13.1. The molecule has 0 atom stereocenters. The van der Waals surface area contributed by atoms with Crippen molar-refractivity contribution in [3.05, 3.63) is 35.1 Å². The first-order valence-corrected chi connectivity index (χ1v) is 6.69. The molecule has 0 amide bonds. The van der Waals surface area contributed by atoms with E-state index < -0.39 is 0 Å². The Morgan fingerprint density at radius 2 is 2.06 bits per heavy atom. The van der Waals surface area contributed by atoms with Gasteiger partial charge in [-0.05, 0) is 49.4 Å². The van der Waals surface area contributed by atoms with E-state index in [9.17, 15) is 9.18 Å². The predicted molar refractivity (Wildman–Crippen MR) is 68.2 cm³/mol. The van der Waals surface area contributed by atoms with Crippen LogP contribution in [0.3, 0.4) is 0 Å². The van der Waals surface area contributed by atoms with E-state index in [2.05, 4.69) is 0 Å². The summed E-state index contributed by atoms with van der Waals surface area (Å²) in [6.45, 7) is 2.13. The second-order valence-electron chi connectivity index (χ2n) is 4.79. The monoisotopic (exact) mass is 250 g/mol. The Morgan fingerprint density at radius 3 is 2.72 bits per heavy atom. The van der Waals surface area contributed by atoms with Crippen molar-refractivity contribution in [1.82, 2.24) is 0 Å². The molecule has 0 bridgehead atoms. The largest absolute Gasteiger partial charge is 0.462 e. The zero-order chi connectivity index (χ0) is 13.0. The van der Waals surface area contributed by atoms with E-state index >= 15 is 0 Å². The number of rotatable bonds is 3. The number of carbonyl (C=O) groups is 1. The molecule has 0 unspecified atom stereocenters. The van der Waals surface area contributed by atoms with E-state index in [0.29, 0.717) is 18.1 Å². The van der Waals surface area contributed by atoms with Crippen LogP contribution in [0.4, 0.5) is 4.39 Å². The summed E-state index contributed by atoms with van der Waals surface area (Å²) >= 11 is 0. The van der Waals surface area contributed by atoms with Crippen molar-refractivity contribution in [1.29, 1.82) is 0 Å². The number of ether oxygens (including phenoxy) is 1. The maximum absolute atomic E-state index is 13.4. The highest BCUT2D eigenvalue weighted by molar-refractivity contribution is 5.91. The molecule has 3 heteroatoms. The van der Waals surface area contributed by atoms with Crippen molar-refractivity contribution in [3.63, 3.8) is 0 Å². The minimum atomic E-state index is -0.335. The molecule has 0 radical (unpaired) electrons. The van der Waals surface area contributed by atoms with Crippen LogP contribution in [0.5, 0.6) is 0 Å². The van der Waals surface area contributed by atoms with Crippen LogP contribution in [-0.4, -0.2) is 12.6 Å². The molecule has 0 aromatic heterocycles. The molecule has 1 saturated carbocycles. The number of benzene rings is 1. The highest BCUT2D eigenvalue weighted by Crippen LogP contribution is 2.35. The van der Waals surface area contributed by atoms with E-state index in [0.717, 1.165) is 31.2 Å². The molecule has 0 heterocycles. The molecule has 2 rings (SSSR count). The van der Waals surface area contributed by atoms with Crippen LogP contribution >= 0.6 is 0 Å². The predicted octanol–water partition coefficient (Wildman–Crippen LogP) is 4.05. The molecule has 98 valence electrons. The van der Waals surface area contributed by atoms with Gasteiger partial charge in [0.15, 0.2) is 0 Å². The SMILES string of the molecule is CCOC(=O)c1ccc(F)cc1C1CCCCC1. The summed E-state index contributed by atoms with van der Waals surface area (Å²) in [5, 5.41) is 0. The van der Waals surface area contributed by atoms with Crippen LogP contribution in [0.2, 0.25) is 0 Å². The van der Waals surface area contributed by atoms with Crippen molar-refractivity contribution >= 4 is 5.97 Å². The summed E-state index contributed by atoms with van der Waals surface area (Å²) in [6.07, 6.45) is 5.62. The summed E-state index contributed by atoms with van der Waals surface area (Å²) in [6, 6.07) is 4.39. The fourth-order valence-corrected chi connectivity index (χ4v) is 2.68. The molecule has 0 spiro atoms. The molecule has 0 saturated heterocycles. The smallest absolute Gasteiger partial charge is 0.338 e. The van der Waals surface area contributed by atoms with Gasteiger partial charge in [0.25, 0.3) is 0 Å². The third-order valence-corrected chi connectivity index (χ3v) is 3.55. The molecule has 1 aliphatic rings. The Kier molecular flexibility index (Phi) is 4.34. The first-order valence-electron chi connectivity index (χ1n) is 6.69. The molecule has 2 nitrogen and oxygen atoms in total. The quantitative estimate of drug-likeness (QED) is 0.756. The number of esters is 1. The average Bonchev–Trinajstić information content (AvgIpc) is 2.40. The molecular formula is C15H19FO2. The Hall–Kier alpha value is -1.38. The highest BCUT2D eigenvalue weighted by atomic mass is 19.1. The third-order valence-electron chi connectivity index (χ3n) is 3.55. The van der Waals surface area contributed by atoms with Crippen molar-refractivity contribution in [2.45, 2.75) is 44.9 Å². The number of hydrogen-bond acceptors (Lipinski definition) is 2. The van der Waals surface area contributed by atoms with Gasteiger partial charge in [-0.1, -0.05) is 19.3 Å². The Balaban J connectivity index is 2.30. The minimum Gasteiger partial charge on any atom is -0.462 e. The first-order chi connectivity index (χ1) is 8.72. The zero-order valence-corrected chi connectivity index (χ0v) is 10.7. The van der Waals surface area contributed by atoms with Crippen LogP contribution in [-0.2, 0) is 4.74 Å². The molecule has 0 N–H and O–H groups in total. The molecule has 1 aromatic rings. The van der Waals surface area contributed by atoms with E-state index in [1.807, 2.05) is 0 Å². The van der Waals surface area contributed by atoms with Crippen LogP contribution in [0.15, 0.2) is 18.2 Å². The van der Waals surface area contributed by atoms with Crippen LogP contribution in [0.25, 0.3) is 0 Å². The number of carbonyl (C=O) groups excluding carboxylic acids is 1. The molecule has 0 aliphatic heterocycles. The standard InChI is InChI=1S/C15H19FO2/c1-2-18-15(17)13-9-8-12(16)10-14(13)11-6-4-3-5-7-11/h8-11H,2-7H2,1H3. The fraction of sp³-hybridized carbons (Fsp3) is 0.533. The Morgan fingerprint density at radius 1 is 1.33 bits per heavy atom. The van der Waals surface area contributed by atoms with E-state index in [1.54, 1.807) is 13.0 Å². The minimum absolute atomic E-state index is 0.274. The Labute approximate surface area is 107 Å². The topological polar surface area (TPSA) is 26.3 Å². The van der Waals surface area contributed by atoms with Gasteiger partial charge in [0.2, 0.25) is 0 Å². The van der Waals surface area contributed by atoms with Crippen LogP contribution < -0.4 is 0 Å². The van der Waals surface area contributed by atoms with Crippen molar-refractivity contribution < 1.29 is 13.9 Å². The van der Waals surface area contributed by atoms with Gasteiger partial charge < -0.3 is 4.74 Å². The summed E-state index contributed by atoms with van der Waals surface area (Å²) in [5.74, 6) is -0.310. The molecule has 1 aliphatic carbocycles. The fourth-order valence-electron chi connectivity index (χ4n) is 2.68. The lowest BCUT2D eigenvalue weighted by atomic mass is 9.82. The maximum atomic E-state index is 13.4. The number of halogens is 1. The van der Waals surface area contributed by atoms with Gasteiger partial charge in [0.05, 0.1) is 12.2 Å². The van der Waals surface area contributed by atoms with Gasteiger partial charge in [0, 0.05) is 0 Å². The second kappa shape index (κ2) is 5.98. The average molecular weight is 250 g/mol. The van der Waals surface area contributed by atoms with E-state index in [1.165, 1.54) is 18.6 Å². The van der Waals surface area contributed by atoms with Gasteiger partial charge in [-0.3, -0.25) is 0 Å². The third kappa shape index (κ3) is 2.89. The summed E-state index contributed by atoms with van der Waals surface area (Å²) < 4.78 is 18.4. The normalized spacial score (nSPS) is 16.6. The Bertz CT molecular complexity index is 423. The lowest BCUT2D eigenvalue weighted by molar-refractivity contribution is 0.0524. The van der Waals surface area contributed by atoms with Gasteiger partial charge in [-0.2, -0.15) is 0 Å². The van der Waals surface area contributed by atoms with E-state index in [-0.39, 0.29) is 11.8 Å². The maximum Gasteiger partial charge on any atom is 0.338 e. The van der Waals surface area contributed by atoms with Gasteiger partial charge in [-0.15, -0.1) is 0 Å². The van der Waals surface area contributed by atoms with Gasteiger partial charge in [-0.25, -0.2) is 9.18 Å².